The van der Waals surface area contributed by atoms with Crippen molar-refractivity contribution >= 4 is 44.6 Å². The van der Waals surface area contributed by atoms with Crippen molar-refractivity contribution in [2.75, 3.05) is 10.0 Å². The molecule has 0 radical (unpaired) electrons. The van der Waals surface area contributed by atoms with E-state index in [9.17, 15) is 8.42 Å². The Morgan fingerprint density at radius 1 is 0.852 bits per heavy atom. The van der Waals surface area contributed by atoms with Crippen LogP contribution in [0.4, 0.5) is 11.4 Å². The van der Waals surface area contributed by atoms with Crippen molar-refractivity contribution < 1.29 is 8.42 Å². The van der Waals surface area contributed by atoms with Crippen molar-refractivity contribution in [3.63, 3.8) is 0 Å². The van der Waals surface area contributed by atoms with Gasteiger partial charge in [0.05, 0.1) is 10.6 Å². The van der Waals surface area contributed by atoms with Crippen LogP contribution in [0.1, 0.15) is 0 Å². The zero-order chi connectivity index (χ0) is 20.0. The van der Waals surface area contributed by atoms with Crippen LogP contribution < -0.4 is 10.0 Å². The lowest BCUT2D eigenvalue weighted by molar-refractivity contribution is 0.601. The van der Waals surface area contributed by atoms with E-state index in [0.717, 1.165) is 0 Å². The van der Waals surface area contributed by atoms with E-state index in [1.807, 2.05) is 0 Å². The van der Waals surface area contributed by atoms with Crippen molar-refractivity contribution in [2.45, 2.75) is 4.90 Å². The molecule has 0 spiro atoms. The first-order valence-electron chi connectivity index (χ1n) is 7.09. The second kappa shape index (κ2) is 8.44. The predicted octanol–water partition coefficient (Wildman–Crippen LogP) is 4.03. The highest BCUT2D eigenvalue weighted by Gasteiger charge is 2.15. The molecule has 2 rings (SSSR count). The van der Waals surface area contributed by atoms with Crippen LogP contribution >= 0.6 is 23.2 Å². The fourth-order valence-electron chi connectivity index (χ4n) is 1.97. The van der Waals surface area contributed by atoms with Gasteiger partial charge in [-0.1, -0.05) is 23.2 Å². The van der Waals surface area contributed by atoms with Crippen LogP contribution in [0.15, 0.2) is 58.6 Å². The molecule has 0 aliphatic heterocycles. The van der Waals surface area contributed by atoms with E-state index in [-0.39, 0.29) is 31.9 Å². The number of benzene rings is 2. The minimum absolute atomic E-state index is 0.0487. The van der Waals surface area contributed by atoms with Crippen molar-refractivity contribution in [1.29, 1.82) is 15.8 Å². The molecule has 134 valence electrons. The summed E-state index contributed by atoms with van der Waals surface area (Å²) in [5.41, 5.74) is -0.0765. The lowest BCUT2D eigenvalue weighted by atomic mass is 10.2. The van der Waals surface area contributed by atoms with E-state index in [0.29, 0.717) is 5.69 Å². The first-order valence-corrected chi connectivity index (χ1v) is 9.33. The number of rotatable bonds is 5. The Kier molecular flexibility index (Phi) is 6.28. The zero-order valence-electron chi connectivity index (χ0n) is 13.4. The lowest BCUT2D eigenvalue weighted by Crippen LogP contribution is -2.13. The number of anilines is 2. The van der Waals surface area contributed by atoms with Gasteiger partial charge in [-0.05, 0) is 42.5 Å². The molecule has 0 bridgehead atoms. The SMILES string of the molecule is N#CC(C#N)=C(C#N)Nc1ccc(S(=O)(=O)Nc2cc(Cl)cc(Cl)c2)cc1. The largest absolute Gasteiger partial charge is 0.345 e. The summed E-state index contributed by atoms with van der Waals surface area (Å²) in [6.07, 6.45) is 0. The Morgan fingerprint density at radius 3 is 1.89 bits per heavy atom. The summed E-state index contributed by atoms with van der Waals surface area (Å²) in [7, 11) is -3.90. The van der Waals surface area contributed by atoms with Crippen LogP contribution in [0.3, 0.4) is 0 Å². The highest BCUT2D eigenvalue weighted by Crippen LogP contribution is 2.25. The summed E-state index contributed by atoms with van der Waals surface area (Å²) in [6, 6.07) is 14.6. The van der Waals surface area contributed by atoms with Gasteiger partial charge in [0, 0.05) is 15.7 Å². The average Bonchev–Trinajstić information content (AvgIpc) is 2.61. The van der Waals surface area contributed by atoms with Crippen LogP contribution in [-0.2, 0) is 10.0 Å². The van der Waals surface area contributed by atoms with Gasteiger partial charge in [0.25, 0.3) is 10.0 Å². The number of hydrogen-bond acceptors (Lipinski definition) is 6. The number of halogens is 2. The van der Waals surface area contributed by atoms with Gasteiger partial charge < -0.3 is 5.32 Å². The van der Waals surface area contributed by atoms with E-state index >= 15 is 0 Å². The summed E-state index contributed by atoms with van der Waals surface area (Å²) in [5, 5.41) is 29.8. The summed E-state index contributed by atoms with van der Waals surface area (Å²) < 4.78 is 27.3. The molecule has 0 atom stereocenters. The Bertz CT molecular complexity index is 1100. The standard InChI is InChI=1S/C17H9Cl2N5O2S/c18-12-5-13(19)7-15(6-12)24-27(25,26)16-3-1-14(2-4-16)23-17(10-22)11(8-20)9-21/h1-7,23-24H. The fourth-order valence-corrected chi connectivity index (χ4v) is 3.54. The third-order valence-corrected chi connectivity index (χ3v) is 4.97. The molecule has 2 N–H and O–H groups in total. The Labute approximate surface area is 165 Å². The molecular formula is C17H9Cl2N5O2S. The summed E-state index contributed by atoms with van der Waals surface area (Å²) in [5.74, 6) is 0. The van der Waals surface area contributed by atoms with E-state index in [1.54, 1.807) is 18.2 Å². The van der Waals surface area contributed by atoms with Gasteiger partial charge in [-0.2, -0.15) is 15.8 Å². The molecule has 0 aliphatic carbocycles. The van der Waals surface area contributed by atoms with Crippen LogP contribution in [-0.4, -0.2) is 8.42 Å². The van der Waals surface area contributed by atoms with Crippen LogP contribution in [0.25, 0.3) is 0 Å². The van der Waals surface area contributed by atoms with Gasteiger partial charge in [0.15, 0.2) is 5.57 Å². The monoisotopic (exact) mass is 417 g/mol. The molecule has 27 heavy (non-hydrogen) atoms. The van der Waals surface area contributed by atoms with E-state index < -0.39 is 10.0 Å². The number of nitrogens with one attached hydrogen (secondary N) is 2. The summed E-state index contributed by atoms with van der Waals surface area (Å²) >= 11 is 11.7. The molecule has 2 aromatic carbocycles. The molecule has 2 aromatic rings. The highest BCUT2D eigenvalue weighted by molar-refractivity contribution is 7.92. The van der Waals surface area contributed by atoms with Gasteiger partial charge in [-0.3, -0.25) is 4.72 Å². The Hall–Kier alpha value is -3.22. The first kappa shape index (κ1) is 20.1. The van der Waals surface area contributed by atoms with Crippen molar-refractivity contribution in [2.24, 2.45) is 0 Å². The van der Waals surface area contributed by atoms with Crippen molar-refractivity contribution in [3.05, 3.63) is 63.8 Å². The maximum atomic E-state index is 12.4. The van der Waals surface area contributed by atoms with Gasteiger partial charge >= 0.3 is 0 Å². The molecule has 0 heterocycles. The molecule has 0 aliphatic rings. The van der Waals surface area contributed by atoms with Gasteiger partial charge in [-0.25, -0.2) is 8.42 Å². The lowest BCUT2D eigenvalue weighted by Gasteiger charge is -2.10. The third-order valence-electron chi connectivity index (χ3n) is 3.13. The highest BCUT2D eigenvalue weighted by atomic mass is 35.5. The molecule has 7 nitrogen and oxygen atoms in total. The molecule has 10 heteroatoms. The molecule has 0 aromatic heterocycles. The van der Waals surface area contributed by atoms with Gasteiger partial charge in [0.2, 0.25) is 0 Å². The summed E-state index contributed by atoms with van der Waals surface area (Å²) in [4.78, 5) is -0.0487. The zero-order valence-corrected chi connectivity index (χ0v) is 15.7. The van der Waals surface area contributed by atoms with Crippen LogP contribution in [0.2, 0.25) is 10.0 Å². The quantitative estimate of drug-likeness (QED) is 0.705. The normalized spacial score (nSPS) is 10.0. The minimum atomic E-state index is -3.90. The smallest absolute Gasteiger partial charge is 0.261 e. The number of nitrogens with zero attached hydrogens (tertiary/aromatic N) is 3. The second-order valence-corrected chi connectivity index (χ2v) is 7.55. The van der Waals surface area contributed by atoms with E-state index in [4.69, 9.17) is 39.0 Å². The molecule has 0 amide bonds. The van der Waals surface area contributed by atoms with E-state index in [2.05, 4.69) is 10.0 Å². The molecule has 0 saturated carbocycles. The molecular weight excluding hydrogens is 409 g/mol. The first-order chi connectivity index (χ1) is 12.8. The molecule has 0 fully saturated rings. The van der Waals surface area contributed by atoms with E-state index in [1.165, 1.54) is 42.5 Å². The minimum Gasteiger partial charge on any atom is -0.345 e. The number of hydrogen-bond donors (Lipinski definition) is 2. The summed E-state index contributed by atoms with van der Waals surface area (Å²) in [6.45, 7) is 0. The van der Waals surface area contributed by atoms with Crippen LogP contribution in [0.5, 0.6) is 0 Å². The Balaban J connectivity index is 2.26. The average molecular weight is 418 g/mol. The Morgan fingerprint density at radius 2 is 1.41 bits per heavy atom. The number of sulfonamides is 1. The second-order valence-electron chi connectivity index (χ2n) is 5.00. The fraction of sp³-hybridized carbons (Fsp3) is 0. The predicted molar refractivity (Wildman–Crippen MR) is 101 cm³/mol. The molecule has 0 saturated heterocycles. The maximum absolute atomic E-state index is 12.4. The van der Waals surface area contributed by atoms with Crippen LogP contribution in [0, 0.1) is 34.0 Å². The maximum Gasteiger partial charge on any atom is 0.261 e. The van der Waals surface area contributed by atoms with Crippen molar-refractivity contribution in [3.8, 4) is 18.2 Å². The number of allylic oxidation sites excluding steroid dienone is 2. The van der Waals surface area contributed by atoms with Crippen molar-refractivity contribution in [1.82, 2.24) is 0 Å². The topological polar surface area (TPSA) is 130 Å². The number of nitriles is 3. The van der Waals surface area contributed by atoms with Gasteiger partial charge in [-0.15, -0.1) is 0 Å². The third kappa shape index (κ3) is 5.13. The van der Waals surface area contributed by atoms with Gasteiger partial charge in [0.1, 0.15) is 23.9 Å². The molecule has 0 unspecified atom stereocenters.